The Hall–Kier alpha value is -2.85. The molecule has 1 heterocycles. The molecule has 0 bridgehead atoms. The quantitative estimate of drug-likeness (QED) is 0.378. The lowest BCUT2D eigenvalue weighted by Crippen LogP contribution is -2.42. The zero-order chi connectivity index (χ0) is 24.2. The molecular formula is C29H40N4. The lowest BCUT2D eigenvalue weighted by Gasteiger charge is -2.44. The molecule has 0 spiro atoms. The second kappa shape index (κ2) is 9.96. The van der Waals surface area contributed by atoms with E-state index in [4.69, 9.17) is 11.5 Å². The van der Waals surface area contributed by atoms with Gasteiger partial charge in [0.15, 0.2) is 0 Å². The van der Waals surface area contributed by atoms with Crippen LogP contribution in [0.2, 0.25) is 0 Å². The molecule has 0 radical (unpaired) electrons. The monoisotopic (exact) mass is 444 g/mol. The van der Waals surface area contributed by atoms with E-state index in [-0.39, 0.29) is 5.41 Å². The average molecular weight is 445 g/mol. The average Bonchev–Trinajstić information content (AvgIpc) is 2.81. The van der Waals surface area contributed by atoms with Crippen LogP contribution in [0.15, 0.2) is 60.7 Å². The summed E-state index contributed by atoms with van der Waals surface area (Å²) < 4.78 is 0. The molecule has 3 aromatic rings. The third-order valence-electron chi connectivity index (χ3n) is 7.58. The van der Waals surface area contributed by atoms with Crippen LogP contribution in [0, 0.1) is 10.8 Å². The Bertz CT molecular complexity index is 1050. The van der Waals surface area contributed by atoms with Crippen molar-refractivity contribution in [3.63, 3.8) is 0 Å². The molecule has 4 heteroatoms. The van der Waals surface area contributed by atoms with Crippen molar-refractivity contribution in [1.82, 2.24) is 9.88 Å². The molecule has 0 fully saturated rings. The Labute approximate surface area is 200 Å². The summed E-state index contributed by atoms with van der Waals surface area (Å²) in [4.78, 5) is 7.20. The van der Waals surface area contributed by atoms with Crippen molar-refractivity contribution in [2.45, 2.75) is 54.5 Å². The largest absolute Gasteiger partial charge is 0.396 e. The molecule has 4 nitrogen and oxygen atoms in total. The number of rotatable bonds is 9. The Morgan fingerprint density at radius 2 is 1.45 bits per heavy atom. The lowest BCUT2D eigenvalue weighted by atomic mass is 9.66. The van der Waals surface area contributed by atoms with Crippen molar-refractivity contribution in [2.24, 2.45) is 10.8 Å². The van der Waals surface area contributed by atoms with Gasteiger partial charge in [0.1, 0.15) is 5.82 Å². The first kappa shape index (κ1) is 24.8. The van der Waals surface area contributed by atoms with Crippen LogP contribution < -0.4 is 11.5 Å². The fourth-order valence-corrected chi connectivity index (χ4v) is 4.16. The molecule has 0 aliphatic rings. The van der Waals surface area contributed by atoms with E-state index in [1.54, 1.807) is 0 Å². The van der Waals surface area contributed by atoms with Gasteiger partial charge in [-0.05, 0) is 34.6 Å². The predicted molar refractivity (Wildman–Crippen MR) is 143 cm³/mol. The van der Waals surface area contributed by atoms with Crippen molar-refractivity contribution in [3.05, 3.63) is 66.2 Å². The summed E-state index contributed by atoms with van der Waals surface area (Å²) in [7, 11) is 0. The molecule has 0 atom stereocenters. The summed E-state index contributed by atoms with van der Waals surface area (Å²) in [5.74, 6) is 0.367. The first-order valence-corrected chi connectivity index (χ1v) is 12.0. The van der Waals surface area contributed by atoms with Gasteiger partial charge in [-0.1, -0.05) is 103 Å². The zero-order valence-corrected chi connectivity index (χ0v) is 21.2. The van der Waals surface area contributed by atoms with E-state index in [0.717, 1.165) is 42.0 Å². The number of nitrogens with zero attached hydrogens (tertiary/aromatic N) is 2. The highest BCUT2D eigenvalue weighted by Crippen LogP contribution is 2.42. The van der Waals surface area contributed by atoms with Crippen molar-refractivity contribution >= 4 is 11.5 Å². The summed E-state index contributed by atoms with van der Waals surface area (Å²) in [5, 5.41) is 0. The number of anilines is 2. The van der Waals surface area contributed by atoms with E-state index >= 15 is 0 Å². The summed E-state index contributed by atoms with van der Waals surface area (Å²) in [5.41, 5.74) is 18.5. The topological polar surface area (TPSA) is 68.2 Å². The lowest BCUT2D eigenvalue weighted by molar-refractivity contribution is 0.0518. The van der Waals surface area contributed by atoms with Gasteiger partial charge in [-0.25, -0.2) is 4.98 Å². The number of hydrogen-bond acceptors (Lipinski definition) is 4. The van der Waals surface area contributed by atoms with Gasteiger partial charge in [-0.2, -0.15) is 0 Å². The molecule has 1 aromatic heterocycles. The van der Waals surface area contributed by atoms with Gasteiger partial charge in [0.05, 0.1) is 11.4 Å². The number of pyridine rings is 1. The molecule has 0 aliphatic heterocycles. The third kappa shape index (κ3) is 5.56. The summed E-state index contributed by atoms with van der Waals surface area (Å²) >= 11 is 0. The highest BCUT2D eigenvalue weighted by atomic mass is 15.1. The predicted octanol–water partition coefficient (Wildman–Crippen LogP) is 6.86. The summed E-state index contributed by atoms with van der Waals surface area (Å²) in [6, 6.07) is 20.8. The van der Waals surface area contributed by atoms with Gasteiger partial charge < -0.3 is 11.5 Å². The molecule has 0 unspecified atom stereocenters. The van der Waals surface area contributed by atoms with Crippen LogP contribution in [0.3, 0.4) is 0 Å². The van der Waals surface area contributed by atoms with E-state index in [2.05, 4.69) is 87.8 Å². The van der Waals surface area contributed by atoms with Crippen LogP contribution in [0.5, 0.6) is 0 Å². The molecule has 3 rings (SSSR count). The molecule has 2 aromatic carbocycles. The fraction of sp³-hybridized carbons (Fsp3) is 0.414. The van der Waals surface area contributed by atoms with E-state index in [1.165, 1.54) is 12.0 Å². The second-order valence-electron chi connectivity index (χ2n) is 10.3. The van der Waals surface area contributed by atoms with E-state index in [0.29, 0.717) is 16.9 Å². The van der Waals surface area contributed by atoms with Crippen molar-refractivity contribution in [3.8, 4) is 22.4 Å². The van der Waals surface area contributed by atoms with Gasteiger partial charge in [0.2, 0.25) is 0 Å². The summed E-state index contributed by atoms with van der Waals surface area (Å²) in [6.45, 7) is 17.1. The van der Waals surface area contributed by atoms with Gasteiger partial charge in [0, 0.05) is 24.2 Å². The minimum atomic E-state index is 0.230. The number of benzene rings is 2. The van der Waals surface area contributed by atoms with Gasteiger partial charge in [-0.3, -0.25) is 4.90 Å². The van der Waals surface area contributed by atoms with Crippen LogP contribution in [0.1, 0.15) is 53.5 Å². The first-order chi connectivity index (χ1) is 15.6. The summed E-state index contributed by atoms with van der Waals surface area (Å²) in [6.07, 6.45) is 1.17. The van der Waals surface area contributed by atoms with Crippen LogP contribution >= 0.6 is 0 Å². The van der Waals surface area contributed by atoms with Crippen LogP contribution in [-0.2, 0) is 6.54 Å². The maximum Gasteiger partial charge on any atom is 0.147 e. The molecular weight excluding hydrogens is 404 g/mol. The molecule has 0 amide bonds. The van der Waals surface area contributed by atoms with Gasteiger partial charge in [0.25, 0.3) is 0 Å². The molecule has 33 heavy (non-hydrogen) atoms. The Balaban J connectivity index is 1.86. The van der Waals surface area contributed by atoms with Gasteiger partial charge in [-0.15, -0.1) is 0 Å². The first-order valence-electron chi connectivity index (χ1n) is 12.0. The van der Waals surface area contributed by atoms with Gasteiger partial charge >= 0.3 is 0 Å². The smallest absolute Gasteiger partial charge is 0.147 e. The molecule has 0 aliphatic carbocycles. The van der Waals surface area contributed by atoms with Crippen molar-refractivity contribution in [1.29, 1.82) is 0 Å². The minimum Gasteiger partial charge on any atom is -0.396 e. The number of hydrogen-bond donors (Lipinski definition) is 2. The normalized spacial score (nSPS) is 12.3. The molecule has 176 valence electrons. The Kier molecular flexibility index (Phi) is 7.48. The highest BCUT2D eigenvalue weighted by molar-refractivity contribution is 5.85. The molecule has 0 saturated heterocycles. The third-order valence-corrected chi connectivity index (χ3v) is 7.58. The Morgan fingerprint density at radius 3 is 2.03 bits per heavy atom. The maximum atomic E-state index is 6.10. The van der Waals surface area contributed by atoms with Crippen molar-refractivity contribution < 1.29 is 0 Å². The van der Waals surface area contributed by atoms with E-state index in [9.17, 15) is 0 Å². The maximum absolute atomic E-state index is 6.10. The van der Waals surface area contributed by atoms with E-state index < -0.39 is 0 Å². The molecule has 0 saturated carbocycles. The van der Waals surface area contributed by atoms with Crippen LogP contribution in [-0.4, -0.2) is 23.0 Å². The minimum absolute atomic E-state index is 0.230. The number of aromatic nitrogens is 1. The standard InChI is InChI=1S/C29H40N4/c1-7-28(3,4)29(5,6)20-33(8-2)19-21-14-16-23(17-15-21)26-24(18-25(30)27(31)32-26)22-12-10-9-11-13-22/h9-18H,7-8,19-20,30H2,1-6H3,(H2,31,32). The van der Waals surface area contributed by atoms with Crippen LogP contribution in [0.4, 0.5) is 11.5 Å². The highest BCUT2D eigenvalue weighted by Gasteiger charge is 2.36. The SMILES string of the molecule is CCN(Cc1ccc(-c2nc(N)c(N)cc2-c2ccccc2)cc1)CC(C)(C)C(C)(C)CC. The van der Waals surface area contributed by atoms with Crippen molar-refractivity contribution in [2.75, 3.05) is 24.6 Å². The Morgan fingerprint density at radius 1 is 0.818 bits per heavy atom. The second-order valence-corrected chi connectivity index (χ2v) is 10.3. The zero-order valence-electron chi connectivity index (χ0n) is 21.2. The molecule has 4 N–H and O–H groups in total. The number of nitrogen functional groups attached to an aromatic ring is 2. The fourth-order valence-electron chi connectivity index (χ4n) is 4.16. The van der Waals surface area contributed by atoms with Crippen LogP contribution in [0.25, 0.3) is 22.4 Å². The van der Waals surface area contributed by atoms with E-state index in [1.807, 2.05) is 24.3 Å². The number of nitrogens with two attached hydrogens (primary N) is 2.